The molecule has 0 bridgehead atoms. The van der Waals surface area contributed by atoms with Gasteiger partial charge in [-0.15, -0.1) is 5.10 Å². The maximum absolute atomic E-state index is 5.04. The minimum Gasteiger partial charge on any atom is -0.309 e. The third-order valence-corrected chi connectivity index (χ3v) is 10.1. The summed E-state index contributed by atoms with van der Waals surface area (Å²) in [6, 6.07) is 59.8. The molecule has 0 saturated carbocycles. The Bertz CT molecular complexity index is 3130. The third-order valence-electron chi connectivity index (χ3n) is 10.1. The Hall–Kier alpha value is -7.05. The number of hydrogen-bond donors (Lipinski definition) is 0. The molecule has 11 rings (SSSR count). The van der Waals surface area contributed by atoms with Crippen molar-refractivity contribution in [3.05, 3.63) is 170 Å². The zero-order valence-corrected chi connectivity index (χ0v) is 27.3. The first-order valence-corrected chi connectivity index (χ1v) is 17.1. The highest BCUT2D eigenvalue weighted by molar-refractivity contribution is 6.19. The molecule has 51 heavy (non-hydrogen) atoms. The largest absolute Gasteiger partial charge is 0.309 e. The molecule has 0 N–H and O–H groups in total. The van der Waals surface area contributed by atoms with Gasteiger partial charge in [0.15, 0.2) is 5.82 Å². The van der Waals surface area contributed by atoms with Crippen LogP contribution in [-0.2, 0) is 0 Å². The smallest absolute Gasteiger partial charge is 0.253 e. The minimum atomic E-state index is 0.570. The van der Waals surface area contributed by atoms with Crippen LogP contribution < -0.4 is 0 Å². The van der Waals surface area contributed by atoms with Gasteiger partial charge in [-0.3, -0.25) is 0 Å². The Morgan fingerprint density at radius 1 is 0.353 bits per heavy atom. The summed E-state index contributed by atoms with van der Waals surface area (Å²) in [4.78, 5) is 10.0. The lowest BCUT2D eigenvalue weighted by Gasteiger charge is -2.11. The summed E-state index contributed by atoms with van der Waals surface area (Å²) in [7, 11) is 0. The van der Waals surface area contributed by atoms with Gasteiger partial charge < -0.3 is 9.13 Å². The summed E-state index contributed by atoms with van der Waals surface area (Å²) in [5, 5.41) is 11.0. The molecule has 0 aliphatic heterocycles. The van der Waals surface area contributed by atoms with E-state index in [0.717, 1.165) is 50.1 Å². The average molecular weight is 653 g/mol. The summed E-state index contributed by atoms with van der Waals surface area (Å²) in [6.07, 6.45) is 0. The van der Waals surface area contributed by atoms with Crippen LogP contribution in [0.25, 0.3) is 94.3 Å². The Morgan fingerprint density at radius 3 is 1.61 bits per heavy atom. The second-order valence-corrected chi connectivity index (χ2v) is 13.0. The monoisotopic (exact) mass is 652 g/mol. The molecule has 7 aromatic carbocycles. The van der Waals surface area contributed by atoms with E-state index in [0.29, 0.717) is 11.6 Å². The van der Waals surface area contributed by atoms with Crippen molar-refractivity contribution < 1.29 is 0 Å². The predicted octanol–water partition coefficient (Wildman–Crippen LogP) is 10.8. The highest BCUT2D eigenvalue weighted by atomic mass is 15.3. The quantitative estimate of drug-likeness (QED) is 0.190. The van der Waals surface area contributed by atoms with E-state index in [1.54, 1.807) is 0 Å². The van der Waals surface area contributed by atoms with Gasteiger partial charge in [-0.2, -0.15) is 9.50 Å². The Balaban J connectivity index is 1.14. The predicted molar refractivity (Wildman–Crippen MR) is 208 cm³/mol. The van der Waals surface area contributed by atoms with Gasteiger partial charge in [-0.25, -0.2) is 4.98 Å². The van der Waals surface area contributed by atoms with E-state index >= 15 is 0 Å². The van der Waals surface area contributed by atoms with Crippen LogP contribution >= 0.6 is 0 Å². The molecule has 0 fully saturated rings. The number of fused-ring (bicyclic) bond motifs is 9. The molecule has 238 valence electrons. The van der Waals surface area contributed by atoms with Gasteiger partial charge in [0, 0.05) is 49.4 Å². The van der Waals surface area contributed by atoms with Crippen molar-refractivity contribution in [1.82, 2.24) is 28.7 Å². The summed E-state index contributed by atoms with van der Waals surface area (Å²) >= 11 is 0. The summed E-state index contributed by atoms with van der Waals surface area (Å²) in [5.74, 6) is 1.20. The summed E-state index contributed by atoms with van der Waals surface area (Å²) < 4.78 is 6.62. The molecule has 0 aliphatic rings. The Kier molecular flexibility index (Phi) is 5.86. The van der Waals surface area contributed by atoms with Crippen LogP contribution in [0, 0.1) is 0 Å². The second-order valence-electron chi connectivity index (χ2n) is 13.0. The van der Waals surface area contributed by atoms with Gasteiger partial charge in [0.25, 0.3) is 5.78 Å². The van der Waals surface area contributed by atoms with Crippen LogP contribution in [0.4, 0.5) is 0 Å². The molecule has 0 radical (unpaired) electrons. The van der Waals surface area contributed by atoms with Gasteiger partial charge in [0.05, 0.1) is 33.3 Å². The van der Waals surface area contributed by atoms with Crippen molar-refractivity contribution in [2.24, 2.45) is 0 Å². The molecule has 0 unspecified atom stereocenters. The first-order valence-electron chi connectivity index (χ1n) is 17.1. The molecule has 4 heterocycles. The Labute approximate surface area is 292 Å². The maximum Gasteiger partial charge on any atom is 0.253 e. The lowest BCUT2D eigenvalue weighted by Crippen LogP contribution is -1.97. The molecule has 0 atom stereocenters. The van der Waals surface area contributed by atoms with Crippen molar-refractivity contribution >= 4 is 60.3 Å². The molecular formula is C45H28N6. The lowest BCUT2D eigenvalue weighted by molar-refractivity contribution is 0.988. The SMILES string of the molecule is c1ccc(-c2nc3nc(-c4cccc(-n5c6ccccc6c6cc7c8ccccc8n(-c8ccccc8)c7cc65)c4)nn3c3ccccc23)cc1. The van der Waals surface area contributed by atoms with Crippen LogP contribution in [0.15, 0.2) is 170 Å². The first kappa shape index (κ1) is 27.9. The number of nitrogens with zero attached hydrogens (tertiary/aromatic N) is 6. The number of benzene rings is 7. The fourth-order valence-electron chi connectivity index (χ4n) is 7.84. The molecule has 0 aliphatic carbocycles. The van der Waals surface area contributed by atoms with Crippen molar-refractivity contribution in [3.63, 3.8) is 0 Å². The standard InChI is InChI=1S/C45H28N6/c1-3-14-29(15-4-1)43-35-22-9-12-25-40(35)51-45(46-43)47-44(48-51)30-16-13-19-32(26-30)50-39-24-11-8-21-34(39)37-27-36-33-20-7-10-23-38(33)49(41(36)28-42(37)50)31-17-5-2-6-18-31/h1-28H. The minimum absolute atomic E-state index is 0.570. The van der Waals surface area contributed by atoms with Gasteiger partial charge >= 0.3 is 0 Å². The van der Waals surface area contributed by atoms with E-state index in [2.05, 4.69) is 149 Å². The van der Waals surface area contributed by atoms with Crippen LogP contribution in [0.3, 0.4) is 0 Å². The number of aromatic nitrogens is 6. The van der Waals surface area contributed by atoms with Crippen LogP contribution in [0.2, 0.25) is 0 Å². The van der Waals surface area contributed by atoms with Crippen LogP contribution in [-0.4, -0.2) is 28.7 Å². The molecule has 6 nitrogen and oxygen atoms in total. The summed E-state index contributed by atoms with van der Waals surface area (Å²) in [6.45, 7) is 0. The zero-order valence-electron chi connectivity index (χ0n) is 27.3. The van der Waals surface area contributed by atoms with Gasteiger partial charge in [0.2, 0.25) is 0 Å². The highest BCUT2D eigenvalue weighted by Crippen LogP contribution is 2.40. The fourth-order valence-corrected chi connectivity index (χ4v) is 7.84. The van der Waals surface area contributed by atoms with Crippen molar-refractivity contribution in [1.29, 1.82) is 0 Å². The van der Waals surface area contributed by atoms with E-state index in [1.807, 2.05) is 34.8 Å². The normalized spacial score (nSPS) is 11.9. The lowest BCUT2D eigenvalue weighted by atomic mass is 10.1. The van der Waals surface area contributed by atoms with Gasteiger partial charge in [0.1, 0.15) is 0 Å². The van der Waals surface area contributed by atoms with E-state index in [9.17, 15) is 0 Å². The third kappa shape index (κ3) is 4.14. The average Bonchev–Trinajstić information content (AvgIpc) is 3.88. The van der Waals surface area contributed by atoms with E-state index in [4.69, 9.17) is 15.1 Å². The summed E-state index contributed by atoms with van der Waals surface area (Å²) in [5.41, 5.74) is 10.7. The second kappa shape index (κ2) is 10.7. The van der Waals surface area contributed by atoms with Crippen molar-refractivity contribution in [3.8, 4) is 34.0 Å². The molecule has 0 spiro atoms. The molecule has 11 aromatic rings. The van der Waals surface area contributed by atoms with Crippen LogP contribution in [0.1, 0.15) is 0 Å². The Morgan fingerprint density at radius 2 is 0.902 bits per heavy atom. The fraction of sp³-hybridized carbons (Fsp3) is 0. The topological polar surface area (TPSA) is 52.9 Å². The number of para-hydroxylation sites is 4. The van der Waals surface area contributed by atoms with Crippen molar-refractivity contribution in [2.75, 3.05) is 0 Å². The number of rotatable bonds is 4. The van der Waals surface area contributed by atoms with Crippen LogP contribution in [0.5, 0.6) is 0 Å². The van der Waals surface area contributed by atoms with E-state index in [-0.39, 0.29) is 0 Å². The highest BCUT2D eigenvalue weighted by Gasteiger charge is 2.20. The van der Waals surface area contributed by atoms with E-state index in [1.165, 1.54) is 32.6 Å². The first-order chi connectivity index (χ1) is 25.3. The van der Waals surface area contributed by atoms with Gasteiger partial charge in [-0.1, -0.05) is 115 Å². The molecule has 0 amide bonds. The zero-order chi connectivity index (χ0) is 33.5. The molecule has 0 saturated heterocycles. The number of hydrogen-bond acceptors (Lipinski definition) is 3. The van der Waals surface area contributed by atoms with Gasteiger partial charge in [-0.05, 0) is 54.6 Å². The van der Waals surface area contributed by atoms with Crippen molar-refractivity contribution in [2.45, 2.75) is 0 Å². The van der Waals surface area contributed by atoms with E-state index < -0.39 is 0 Å². The molecule has 4 aromatic heterocycles. The maximum atomic E-state index is 5.04. The molecule has 6 heteroatoms. The molecular weight excluding hydrogens is 625 g/mol.